The van der Waals surface area contributed by atoms with Gasteiger partial charge in [0.05, 0.1) is 24.4 Å². The van der Waals surface area contributed by atoms with Crippen LogP contribution < -0.4 is 0 Å². The van der Waals surface area contributed by atoms with Gasteiger partial charge in [0, 0.05) is 25.1 Å². The van der Waals surface area contributed by atoms with Crippen molar-refractivity contribution in [2.24, 2.45) is 5.92 Å². The number of nitrogens with zero attached hydrogens (tertiary/aromatic N) is 5. The minimum atomic E-state index is -0.310. The fourth-order valence-corrected chi connectivity index (χ4v) is 3.72. The summed E-state index contributed by atoms with van der Waals surface area (Å²) in [6.07, 6.45) is 7.82. The van der Waals surface area contributed by atoms with Gasteiger partial charge in [-0.1, -0.05) is 24.9 Å². The molecule has 1 saturated heterocycles. The molecule has 2 aliphatic rings. The van der Waals surface area contributed by atoms with Crippen LogP contribution in [0.2, 0.25) is 0 Å². The smallest absolute Gasteiger partial charge is 0.226 e. The average molecular weight is 357 g/mol. The van der Waals surface area contributed by atoms with Crippen LogP contribution in [0.5, 0.6) is 0 Å². The number of aromatic nitrogens is 4. The molecule has 0 bridgehead atoms. The number of aryl methyl sites for hydroxylation is 1. The van der Waals surface area contributed by atoms with Crippen LogP contribution in [0.4, 0.5) is 0 Å². The average Bonchev–Trinajstić information content (AvgIpc) is 3.39. The first-order valence-corrected chi connectivity index (χ1v) is 9.29. The van der Waals surface area contributed by atoms with Gasteiger partial charge in [-0.3, -0.25) is 4.79 Å². The monoisotopic (exact) mass is 357 g/mol. The summed E-state index contributed by atoms with van der Waals surface area (Å²) in [4.78, 5) is 27.6. The molecule has 0 unspecified atom stereocenters. The lowest BCUT2D eigenvalue weighted by atomic mass is 10.0. The molecule has 1 aliphatic heterocycles. The van der Waals surface area contributed by atoms with E-state index in [1.54, 1.807) is 6.20 Å². The highest BCUT2D eigenvalue weighted by molar-refractivity contribution is 5.79. The maximum absolute atomic E-state index is 12.8. The van der Waals surface area contributed by atoms with E-state index in [9.17, 15) is 4.79 Å². The lowest BCUT2D eigenvalue weighted by Gasteiger charge is -2.34. The van der Waals surface area contributed by atoms with Crippen molar-refractivity contribution in [3.05, 3.63) is 24.1 Å². The molecule has 0 N–H and O–H groups in total. The first kappa shape index (κ1) is 17.1. The van der Waals surface area contributed by atoms with E-state index in [-0.39, 0.29) is 17.9 Å². The molecule has 4 rings (SSSR count). The maximum Gasteiger partial charge on any atom is 0.226 e. The van der Waals surface area contributed by atoms with Gasteiger partial charge in [-0.25, -0.2) is 9.97 Å². The van der Waals surface area contributed by atoms with Crippen molar-refractivity contribution >= 4 is 5.91 Å². The van der Waals surface area contributed by atoms with Gasteiger partial charge in [-0.05, 0) is 12.8 Å². The summed E-state index contributed by atoms with van der Waals surface area (Å²) < 4.78 is 11.1. The van der Waals surface area contributed by atoms with Crippen LogP contribution >= 0.6 is 0 Å². The second kappa shape index (κ2) is 7.49. The van der Waals surface area contributed by atoms with Crippen LogP contribution in [-0.4, -0.2) is 50.6 Å². The summed E-state index contributed by atoms with van der Waals surface area (Å²) in [5.41, 5.74) is 1.39. The van der Waals surface area contributed by atoms with Crippen molar-refractivity contribution in [1.29, 1.82) is 0 Å². The number of amides is 1. The molecule has 26 heavy (non-hydrogen) atoms. The number of hydrogen-bond donors (Lipinski definition) is 0. The molecule has 1 atom stereocenters. The molecule has 2 fully saturated rings. The zero-order valence-electron chi connectivity index (χ0n) is 14.9. The summed E-state index contributed by atoms with van der Waals surface area (Å²) in [5, 5.41) is 4.03. The minimum Gasteiger partial charge on any atom is -0.368 e. The molecule has 1 amide bonds. The van der Waals surface area contributed by atoms with E-state index in [4.69, 9.17) is 9.26 Å². The van der Waals surface area contributed by atoms with E-state index < -0.39 is 0 Å². The van der Waals surface area contributed by atoms with Gasteiger partial charge in [0.25, 0.3) is 0 Å². The molecule has 8 nitrogen and oxygen atoms in total. The van der Waals surface area contributed by atoms with Gasteiger partial charge in [0.2, 0.25) is 17.6 Å². The Morgan fingerprint density at radius 2 is 2.19 bits per heavy atom. The second-order valence-corrected chi connectivity index (χ2v) is 6.81. The first-order valence-electron chi connectivity index (χ1n) is 9.29. The van der Waals surface area contributed by atoms with Crippen molar-refractivity contribution < 1.29 is 14.1 Å². The highest BCUT2D eigenvalue weighted by Gasteiger charge is 2.33. The van der Waals surface area contributed by atoms with Crippen LogP contribution in [-0.2, 0) is 16.0 Å². The summed E-state index contributed by atoms with van der Waals surface area (Å²) >= 11 is 0. The molecule has 0 spiro atoms. The fourth-order valence-electron chi connectivity index (χ4n) is 3.72. The summed E-state index contributed by atoms with van der Waals surface area (Å²) in [5.74, 6) is 1.44. The van der Waals surface area contributed by atoms with Crippen molar-refractivity contribution in [2.45, 2.75) is 45.1 Å². The predicted molar refractivity (Wildman–Crippen MR) is 91.9 cm³/mol. The normalized spacial score (nSPS) is 21.3. The largest absolute Gasteiger partial charge is 0.368 e. The predicted octanol–water partition coefficient (Wildman–Crippen LogP) is 2.18. The molecule has 2 aromatic rings. The van der Waals surface area contributed by atoms with Crippen LogP contribution in [0.3, 0.4) is 0 Å². The third-order valence-electron chi connectivity index (χ3n) is 5.14. The van der Waals surface area contributed by atoms with Gasteiger partial charge in [0.15, 0.2) is 0 Å². The molecule has 3 heterocycles. The van der Waals surface area contributed by atoms with E-state index >= 15 is 0 Å². The molecule has 1 saturated carbocycles. The first-order chi connectivity index (χ1) is 12.8. The SMILES string of the molecule is CCc1nc(-c2cncnc2[C@H]2CN(C(=O)C3CCCC3)CCO2)no1. The second-order valence-electron chi connectivity index (χ2n) is 6.81. The Labute approximate surface area is 152 Å². The Morgan fingerprint density at radius 3 is 2.96 bits per heavy atom. The molecular weight excluding hydrogens is 334 g/mol. The summed E-state index contributed by atoms with van der Waals surface area (Å²) in [6, 6.07) is 0. The molecule has 138 valence electrons. The number of carbonyl (C=O) groups is 1. The van der Waals surface area contributed by atoms with Crippen LogP contribution in [0, 0.1) is 5.92 Å². The van der Waals surface area contributed by atoms with Crippen molar-refractivity contribution in [1.82, 2.24) is 25.0 Å². The lowest BCUT2D eigenvalue weighted by Crippen LogP contribution is -2.44. The van der Waals surface area contributed by atoms with E-state index in [0.717, 1.165) is 25.7 Å². The topological polar surface area (TPSA) is 94.2 Å². The lowest BCUT2D eigenvalue weighted by molar-refractivity contribution is -0.143. The molecule has 2 aromatic heterocycles. The van der Waals surface area contributed by atoms with Crippen molar-refractivity contribution in [3.63, 3.8) is 0 Å². The van der Waals surface area contributed by atoms with Gasteiger partial charge in [-0.15, -0.1) is 0 Å². The highest BCUT2D eigenvalue weighted by atomic mass is 16.5. The standard InChI is InChI=1S/C18H23N5O3/c1-2-15-21-17(22-26-15)13-9-19-11-20-16(13)14-10-23(7-8-25-14)18(24)12-5-3-4-6-12/h9,11-12,14H,2-8,10H2,1H3/t14-/m1/s1. The van der Waals surface area contributed by atoms with Gasteiger partial charge in [0.1, 0.15) is 12.4 Å². The Morgan fingerprint density at radius 1 is 1.35 bits per heavy atom. The van der Waals surface area contributed by atoms with E-state index in [2.05, 4.69) is 20.1 Å². The molecule has 0 aromatic carbocycles. The third-order valence-corrected chi connectivity index (χ3v) is 5.14. The van der Waals surface area contributed by atoms with Crippen molar-refractivity contribution in [2.75, 3.05) is 19.7 Å². The third kappa shape index (κ3) is 3.33. The molecule has 0 radical (unpaired) electrons. The zero-order chi connectivity index (χ0) is 17.9. The highest BCUT2D eigenvalue weighted by Crippen LogP contribution is 2.31. The zero-order valence-corrected chi connectivity index (χ0v) is 14.9. The number of carbonyl (C=O) groups excluding carboxylic acids is 1. The molecule has 8 heteroatoms. The summed E-state index contributed by atoms with van der Waals surface area (Å²) in [7, 11) is 0. The van der Waals surface area contributed by atoms with Crippen molar-refractivity contribution in [3.8, 4) is 11.4 Å². The quantitative estimate of drug-likeness (QED) is 0.827. The number of morpholine rings is 1. The summed E-state index contributed by atoms with van der Waals surface area (Å²) in [6.45, 7) is 3.59. The van der Waals surface area contributed by atoms with Crippen LogP contribution in [0.1, 0.15) is 50.3 Å². The van der Waals surface area contributed by atoms with Crippen LogP contribution in [0.25, 0.3) is 11.4 Å². The Kier molecular flexibility index (Phi) is 4.92. The van der Waals surface area contributed by atoms with Crippen LogP contribution in [0.15, 0.2) is 17.0 Å². The number of rotatable bonds is 4. The number of hydrogen-bond acceptors (Lipinski definition) is 7. The Bertz CT molecular complexity index is 772. The Balaban J connectivity index is 1.56. The number of ether oxygens (including phenoxy) is 1. The van der Waals surface area contributed by atoms with Gasteiger partial charge < -0.3 is 14.2 Å². The van der Waals surface area contributed by atoms with Gasteiger partial charge in [-0.2, -0.15) is 4.98 Å². The molecule has 1 aliphatic carbocycles. The van der Waals surface area contributed by atoms with Gasteiger partial charge >= 0.3 is 0 Å². The Hall–Kier alpha value is -2.35. The van der Waals surface area contributed by atoms with E-state index in [1.807, 2.05) is 11.8 Å². The minimum absolute atomic E-state index is 0.169. The molecular formula is C18H23N5O3. The maximum atomic E-state index is 12.8. The van der Waals surface area contributed by atoms with E-state index in [0.29, 0.717) is 49.1 Å². The van der Waals surface area contributed by atoms with E-state index in [1.165, 1.54) is 6.33 Å². The fraction of sp³-hybridized carbons (Fsp3) is 0.611.